The number of hydrogen-bond acceptors (Lipinski definition) is 10. The molecule has 3 rings (SSSR count). The van der Waals surface area contributed by atoms with E-state index in [0.29, 0.717) is 68.9 Å². The number of likely N-dealkylation sites (N-methyl/N-ethyl adjacent to an activating group) is 1. The van der Waals surface area contributed by atoms with Gasteiger partial charge in [0.15, 0.2) is 0 Å². The number of methoxy groups -OCH3 is 1. The average Bonchev–Trinajstić information content (AvgIpc) is 3.28. The molecule has 0 saturated heterocycles. The lowest BCUT2D eigenvalue weighted by atomic mass is 9.85. The van der Waals surface area contributed by atoms with Crippen LogP contribution in [0.25, 0.3) is 0 Å². The number of esters is 2. The van der Waals surface area contributed by atoms with Crippen LogP contribution >= 0.6 is 0 Å². The minimum atomic E-state index is -1.73. The lowest BCUT2D eigenvalue weighted by Crippen LogP contribution is -2.44. The molecule has 1 saturated carbocycles. The van der Waals surface area contributed by atoms with Crippen LogP contribution in [0.1, 0.15) is 83.8 Å². The third-order valence-electron chi connectivity index (χ3n) is 7.81. The van der Waals surface area contributed by atoms with E-state index in [1.165, 1.54) is 6.42 Å². The van der Waals surface area contributed by atoms with Crippen molar-refractivity contribution in [1.29, 1.82) is 0 Å². The van der Waals surface area contributed by atoms with Crippen molar-refractivity contribution in [1.82, 2.24) is 5.32 Å². The van der Waals surface area contributed by atoms with Gasteiger partial charge in [0.1, 0.15) is 12.4 Å². The van der Waals surface area contributed by atoms with E-state index in [1.807, 2.05) is 19.2 Å². The number of aldehydes is 1. The zero-order chi connectivity index (χ0) is 36.9. The van der Waals surface area contributed by atoms with Gasteiger partial charge < -0.3 is 38.5 Å². The Morgan fingerprint density at radius 2 is 1.24 bits per heavy atom. The van der Waals surface area contributed by atoms with Crippen molar-refractivity contribution < 1.29 is 42.8 Å². The lowest BCUT2D eigenvalue weighted by Gasteiger charge is -2.34. The fraction of sp³-hybridized carbons (Fsp3) is 0.625. The van der Waals surface area contributed by atoms with Crippen molar-refractivity contribution in [2.45, 2.75) is 84.3 Å². The Morgan fingerprint density at radius 1 is 0.780 bits per heavy atom. The largest absolute Gasteiger partial charge is 0.459 e. The second-order valence-corrected chi connectivity index (χ2v) is 12.5. The van der Waals surface area contributed by atoms with Crippen LogP contribution in [0.5, 0.6) is 0 Å². The average molecular weight is 702 g/mol. The summed E-state index contributed by atoms with van der Waals surface area (Å²) in [5.41, 5.74) is -0.697. The van der Waals surface area contributed by atoms with Gasteiger partial charge >= 0.3 is 11.9 Å². The summed E-state index contributed by atoms with van der Waals surface area (Å²) in [5.74, 6) is -0.309. The zero-order valence-electron chi connectivity index (χ0n) is 31.4. The van der Waals surface area contributed by atoms with Gasteiger partial charge in [-0.25, -0.2) is 4.79 Å². The number of carbonyl (C=O) groups excluding carboxylic acids is 3. The topological polar surface area (TPSA) is 119 Å². The number of rotatable bonds is 20. The summed E-state index contributed by atoms with van der Waals surface area (Å²) in [5, 5.41) is 3.00. The van der Waals surface area contributed by atoms with Crippen LogP contribution in [0, 0.1) is 11.8 Å². The molecule has 2 aromatic carbocycles. The predicted octanol–water partition coefficient (Wildman–Crippen LogP) is 6.53. The number of carbonyl (C=O) groups is 3. The molecule has 0 spiro atoms. The molecule has 1 aliphatic carbocycles. The first-order chi connectivity index (χ1) is 24.3. The minimum absolute atomic E-state index is 0.0329. The molecule has 10 heteroatoms. The second-order valence-electron chi connectivity index (χ2n) is 12.5. The van der Waals surface area contributed by atoms with E-state index >= 15 is 0 Å². The van der Waals surface area contributed by atoms with Gasteiger partial charge in [-0.15, -0.1) is 0 Å². The predicted molar refractivity (Wildman–Crippen MR) is 196 cm³/mol. The van der Waals surface area contributed by atoms with Gasteiger partial charge in [0.05, 0.1) is 52.7 Å². The Morgan fingerprint density at radius 3 is 1.68 bits per heavy atom. The lowest BCUT2D eigenvalue weighted by molar-refractivity contribution is -0.184. The molecule has 0 bridgehead atoms. The Hall–Kier alpha value is -3.15. The highest BCUT2D eigenvalue weighted by Gasteiger charge is 2.48. The summed E-state index contributed by atoms with van der Waals surface area (Å²) in [7, 11) is 3.56. The van der Waals surface area contributed by atoms with Crippen LogP contribution in [0.3, 0.4) is 0 Å². The number of benzene rings is 2. The smallest absolute Gasteiger partial charge is 0.360 e. The molecule has 2 unspecified atom stereocenters. The fourth-order valence-electron chi connectivity index (χ4n) is 5.29. The number of hydrogen-bond donors (Lipinski definition) is 1. The van der Waals surface area contributed by atoms with Gasteiger partial charge in [0, 0.05) is 31.2 Å². The van der Waals surface area contributed by atoms with Gasteiger partial charge in [-0.2, -0.15) is 0 Å². The first-order valence-corrected chi connectivity index (χ1v) is 18.1. The van der Waals surface area contributed by atoms with Crippen LogP contribution in [-0.2, 0) is 48.4 Å². The molecule has 0 aliphatic heterocycles. The molecule has 1 fully saturated rings. The van der Waals surface area contributed by atoms with Gasteiger partial charge in [0.2, 0.25) is 0 Å². The summed E-state index contributed by atoms with van der Waals surface area (Å²) < 4.78 is 32.6. The Balaban J connectivity index is 0.000000583. The molecule has 0 radical (unpaired) electrons. The molecule has 0 amide bonds. The van der Waals surface area contributed by atoms with Crippen molar-refractivity contribution >= 4 is 18.2 Å². The monoisotopic (exact) mass is 701 g/mol. The summed E-state index contributed by atoms with van der Waals surface area (Å²) in [6.45, 7) is 14.0. The molecule has 0 heterocycles. The SMILES string of the molecule is CC1CCC(C)CC(OC(=O)C(OC(=O)CCC=O)(c2ccccc2)c2ccccc2)C1.CCC.CNCCOCCOCCOCCOC. The highest BCUT2D eigenvalue weighted by atomic mass is 16.6. The highest BCUT2D eigenvalue weighted by Crippen LogP contribution is 2.38. The normalized spacial score (nSPS) is 17.2. The van der Waals surface area contributed by atoms with E-state index in [9.17, 15) is 14.4 Å². The maximum absolute atomic E-state index is 13.9. The molecule has 2 atom stereocenters. The van der Waals surface area contributed by atoms with E-state index in [-0.39, 0.29) is 18.9 Å². The first kappa shape index (κ1) is 44.9. The van der Waals surface area contributed by atoms with Crippen molar-refractivity contribution in [3.05, 3.63) is 71.8 Å². The summed E-state index contributed by atoms with van der Waals surface area (Å²) in [6.07, 6.45) is 5.40. The molecule has 10 nitrogen and oxygen atoms in total. The molecule has 282 valence electrons. The first-order valence-electron chi connectivity index (χ1n) is 18.1. The molecule has 0 aromatic heterocycles. The van der Waals surface area contributed by atoms with Crippen molar-refractivity contribution in [3.8, 4) is 0 Å². The van der Waals surface area contributed by atoms with Gasteiger partial charge in [-0.3, -0.25) is 4.79 Å². The van der Waals surface area contributed by atoms with Crippen molar-refractivity contribution in [2.24, 2.45) is 11.8 Å². The quantitative estimate of drug-likeness (QED) is 0.0707. The van der Waals surface area contributed by atoms with Crippen LogP contribution in [0.2, 0.25) is 0 Å². The van der Waals surface area contributed by atoms with Crippen LogP contribution < -0.4 is 5.32 Å². The van der Waals surface area contributed by atoms with Crippen LogP contribution in [0.4, 0.5) is 0 Å². The van der Waals surface area contributed by atoms with E-state index in [2.05, 4.69) is 33.0 Å². The van der Waals surface area contributed by atoms with E-state index in [1.54, 1.807) is 55.6 Å². The second kappa shape index (κ2) is 28.5. The Kier molecular flexibility index (Phi) is 25.6. The van der Waals surface area contributed by atoms with Crippen LogP contribution in [0.15, 0.2) is 60.7 Å². The van der Waals surface area contributed by atoms with Crippen molar-refractivity contribution in [3.63, 3.8) is 0 Å². The molecule has 1 N–H and O–H groups in total. The third kappa shape index (κ3) is 18.2. The molecule has 2 aromatic rings. The van der Waals surface area contributed by atoms with Gasteiger partial charge in [-0.05, 0) is 31.7 Å². The minimum Gasteiger partial charge on any atom is -0.459 e. The molecular weight excluding hydrogens is 638 g/mol. The zero-order valence-corrected chi connectivity index (χ0v) is 31.4. The number of ether oxygens (including phenoxy) is 6. The highest BCUT2D eigenvalue weighted by molar-refractivity contribution is 5.89. The molecular formula is C40H63NO9. The van der Waals surface area contributed by atoms with Crippen LogP contribution in [-0.4, -0.2) is 91.3 Å². The summed E-state index contributed by atoms with van der Waals surface area (Å²) in [6, 6.07) is 17.9. The Labute approximate surface area is 300 Å². The van der Waals surface area contributed by atoms with Gasteiger partial charge in [-0.1, -0.05) is 108 Å². The van der Waals surface area contributed by atoms with Crippen molar-refractivity contribution in [2.75, 3.05) is 67.0 Å². The van der Waals surface area contributed by atoms with E-state index in [0.717, 1.165) is 38.8 Å². The standard InChI is InChI=1S/C27H32O5.C10H23NO4.C3H8/c1-20-15-16-21(2)19-24(18-20)31-26(30)27(22-10-5-3-6-11-22,23-12-7-4-8-13-23)32-25(29)14-9-17-28;1-11-3-4-13-7-8-15-10-9-14-6-5-12-2;1-3-2/h3-8,10-13,17,20-21,24H,9,14-16,18-19H2,1-2H3;11H,3-10H2,1-2H3;3H2,1-2H3. The third-order valence-corrected chi connectivity index (χ3v) is 7.81. The maximum atomic E-state index is 13.9. The summed E-state index contributed by atoms with van der Waals surface area (Å²) in [4.78, 5) is 37.4. The molecule has 1 aliphatic rings. The fourth-order valence-corrected chi connectivity index (χ4v) is 5.29. The van der Waals surface area contributed by atoms with E-state index < -0.39 is 17.5 Å². The van der Waals surface area contributed by atoms with E-state index in [4.69, 9.17) is 28.4 Å². The van der Waals surface area contributed by atoms with Gasteiger partial charge in [0.25, 0.3) is 5.60 Å². The molecule has 50 heavy (non-hydrogen) atoms. The maximum Gasteiger partial charge on any atom is 0.360 e. The summed E-state index contributed by atoms with van der Waals surface area (Å²) >= 11 is 0. The number of nitrogens with one attached hydrogen (secondary N) is 1. The Bertz CT molecular complexity index is 1070.